The molecule has 2 aliphatic heterocycles. The van der Waals surface area contributed by atoms with Crippen LogP contribution in [0.15, 0.2) is 23.3 Å². The van der Waals surface area contributed by atoms with Crippen molar-refractivity contribution in [3.8, 4) is 0 Å². The standard InChI is InChI=1S/C25H42N6O/c1-3-26-25(29-22-10-13-30(14-11-22)23-7-5-4-6-8-23)28-18-21-9-12-27-24(17-21)31-15-16-32-20(2)19-31/h9,12,17,20,22-23H,3-8,10-11,13-16,18-19H2,1-2H3,(H2,26,28,29). The Labute approximate surface area is 194 Å². The summed E-state index contributed by atoms with van der Waals surface area (Å²) >= 11 is 0. The first-order chi connectivity index (χ1) is 15.7. The van der Waals surface area contributed by atoms with Gasteiger partial charge >= 0.3 is 0 Å². The van der Waals surface area contributed by atoms with Crippen molar-refractivity contribution in [1.29, 1.82) is 0 Å². The van der Waals surface area contributed by atoms with E-state index in [1.54, 1.807) is 0 Å². The van der Waals surface area contributed by atoms with Crippen LogP contribution in [0.4, 0.5) is 5.82 Å². The van der Waals surface area contributed by atoms with Crippen molar-refractivity contribution < 1.29 is 4.74 Å². The number of nitrogens with one attached hydrogen (secondary N) is 2. The molecule has 4 rings (SSSR count). The average molecular weight is 443 g/mol. The van der Waals surface area contributed by atoms with Gasteiger partial charge in [0.25, 0.3) is 0 Å². The number of morpholine rings is 1. The van der Waals surface area contributed by atoms with E-state index in [0.29, 0.717) is 12.6 Å². The van der Waals surface area contributed by atoms with Crippen LogP contribution in [-0.4, -0.2) is 73.4 Å². The number of rotatable bonds is 6. The SMILES string of the molecule is CCNC(=NCc1ccnc(N2CCOC(C)C2)c1)NC1CCN(C2CCCCC2)CC1. The molecule has 0 spiro atoms. The summed E-state index contributed by atoms with van der Waals surface area (Å²) in [6, 6.07) is 5.59. The van der Waals surface area contributed by atoms with Gasteiger partial charge < -0.3 is 25.2 Å². The Kier molecular flexibility index (Phi) is 8.62. The topological polar surface area (TPSA) is 65.0 Å². The molecule has 1 aromatic heterocycles. The van der Waals surface area contributed by atoms with Crippen molar-refractivity contribution in [3.05, 3.63) is 23.9 Å². The fourth-order valence-corrected chi connectivity index (χ4v) is 5.30. The van der Waals surface area contributed by atoms with Gasteiger partial charge in [0.1, 0.15) is 5.82 Å². The summed E-state index contributed by atoms with van der Waals surface area (Å²) in [5.41, 5.74) is 1.19. The molecule has 1 saturated carbocycles. The van der Waals surface area contributed by atoms with Crippen molar-refractivity contribution in [2.45, 2.75) is 83.5 Å². The molecule has 7 heteroatoms. The lowest BCUT2D eigenvalue weighted by molar-refractivity contribution is 0.0529. The maximum Gasteiger partial charge on any atom is 0.191 e. The second-order valence-electron chi connectivity index (χ2n) is 9.59. The van der Waals surface area contributed by atoms with E-state index in [1.807, 2.05) is 6.20 Å². The number of aromatic nitrogens is 1. The molecule has 3 fully saturated rings. The van der Waals surface area contributed by atoms with Crippen LogP contribution in [0.25, 0.3) is 0 Å². The highest BCUT2D eigenvalue weighted by molar-refractivity contribution is 5.80. The lowest BCUT2D eigenvalue weighted by Gasteiger charge is -2.39. The predicted molar refractivity (Wildman–Crippen MR) is 131 cm³/mol. The fraction of sp³-hybridized carbons (Fsp3) is 0.760. The Balaban J connectivity index is 1.30. The molecule has 1 atom stereocenters. The van der Waals surface area contributed by atoms with Gasteiger partial charge in [-0.1, -0.05) is 19.3 Å². The van der Waals surface area contributed by atoms with Gasteiger partial charge in [0.15, 0.2) is 5.96 Å². The van der Waals surface area contributed by atoms with Crippen LogP contribution in [-0.2, 0) is 11.3 Å². The Morgan fingerprint density at radius 3 is 2.72 bits per heavy atom. The normalized spacial score (nSPS) is 24.5. The number of pyridine rings is 1. The highest BCUT2D eigenvalue weighted by atomic mass is 16.5. The van der Waals surface area contributed by atoms with E-state index in [1.165, 1.54) is 63.6 Å². The maximum atomic E-state index is 5.67. The van der Waals surface area contributed by atoms with Crippen LogP contribution in [0.3, 0.4) is 0 Å². The lowest BCUT2D eigenvalue weighted by Crippen LogP contribution is -2.50. The van der Waals surface area contributed by atoms with Crippen molar-refractivity contribution in [1.82, 2.24) is 20.5 Å². The molecule has 1 unspecified atom stereocenters. The highest BCUT2D eigenvalue weighted by Gasteiger charge is 2.26. The number of ether oxygens (including phenoxy) is 1. The zero-order valence-corrected chi connectivity index (χ0v) is 20.1. The second-order valence-corrected chi connectivity index (χ2v) is 9.59. The molecule has 2 saturated heterocycles. The van der Waals surface area contributed by atoms with E-state index in [2.05, 4.69) is 51.4 Å². The molecule has 0 amide bonds. The van der Waals surface area contributed by atoms with Gasteiger partial charge in [-0.15, -0.1) is 0 Å². The molecule has 1 aliphatic carbocycles. The van der Waals surface area contributed by atoms with E-state index in [9.17, 15) is 0 Å². The van der Waals surface area contributed by atoms with E-state index < -0.39 is 0 Å². The number of piperidine rings is 1. The Morgan fingerprint density at radius 2 is 1.97 bits per heavy atom. The Bertz CT molecular complexity index is 727. The molecule has 0 bridgehead atoms. The molecule has 1 aromatic rings. The van der Waals surface area contributed by atoms with Gasteiger partial charge in [-0.25, -0.2) is 9.98 Å². The zero-order valence-electron chi connectivity index (χ0n) is 20.1. The molecule has 0 aromatic carbocycles. The first-order valence-electron chi connectivity index (χ1n) is 12.8. The summed E-state index contributed by atoms with van der Waals surface area (Å²) in [4.78, 5) is 14.5. The van der Waals surface area contributed by atoms with Gasteiger partial charge in [-0.3, -0.25) is 0 Å². The molecule has 7 nitrogen and oxygen atoms in total. The van der Waals surface area contributed by atoms with E-state index in [4.69, 9.17) is 9.73 Å². The minimum absolute atomic E-state index is 0.251. The minimum Gasteiger partial charge on any atom is -0.375 e. The predicted octanol–water partition coefficient (Wildman–Crippen LogP) is 3.16. The number of aliphatic imine (C=N–C) groups is 1. The molecule has 0 radical (unpaired) electrons. The third kappa shape index (κ3) is 6.58. The number of nitrogens with zero attached hydrogens (tertiary/aromatic N) is 4. The van der Waals surface area contributed by atoms with Crippen molar-refractivity contribution in [2.75, 3.05) is 44.2 Å². The summed E-state index contributed by atoms with van der Waals surface area (Å²) in [6.45, 7) is 10.8. The number of guanidine groups is 1. The minimum atomic E-state index is 0.251. The quantitative estimate of drug-likeness (QED) is 0.521. The summed E-state index contributed by atoms with van der Waals surface area (Å²) in [6.07, 6.45) is 11.6. The van der Waals surface area contributed by atoms with E-state index >= 15 is 0 Å². The van der Waals surface area contributed by atoms with Crippen LogP contribution >= 0.6 is 0 Å². The fourth-order valence-electron chi connectivity index (χ4n) is 5.30. The summed E-state index contributed by atoms with van der Waals surface area (Å²) in [7, 11) is 0. The van der Waals surface area contributed by atoms with Crippen LogP contribution < -0.4 is 15.5 Å². The highest BCUT2D eigenvalue weighted by Crippen LogP contribution is 2.25. The van der Waals surface area contributed by atoms with E-state index in [0.717, 1.165) is 44.1 Å². The monoisotopic (exact) mass is 442 g/mol. The van der Waals surface area contributed by atoms with Gasteiger partial charge in [0.2, 0.25) is 0 Å². The van der Waals surface area contributed by atoms with Crippen LogP contribution in [0.1, 0.15) is 64.4 Å². The maximum absolute atomic E-state index is 5.67. The molecule has 3 heterocycles. The molecular weight excluding hydrogens is 400 g/mol. The molecular formula is C25H42N6O. The first kappa shape index (κ1) is 23.3. The van der Waals surface area contributed by atoms with E-state index in [-0.39, 0.29) is 6.10 Å². The number of likely N-dealkylation sites (tertiary alicyclic amines) is 1. The average Bonchev–Trinajstić information content (AvgIpc) is 2.84. The van der Waals surface area contributed by atoms with Gasteiger partial charge in [0.05, 0.1) is 19.3 Å². The number of hydrogen-bond donors (Lipinski definition) is 2. The van der Waals surface area contributed by atoms with Gasteiger partial charge in [-0.2, -0.15) is 0 Å². The number of anilines is 1. The van der Waals surface area contributed by atoms with Crippen molar-refractivity contribution >= 4 is 11.8 Å². The van der Waals surface area contributed by atoms with Crippen LogP contribution in [0, 0.1) is 0 Å². The lowest BCUT2D eigenvalue weighted by atomic mass is 9.92. The third-order valence-corrected chi connectivity index (χ3v) is 7.10. The Hall–Kier alpha value is -1.86. The number of hydrogen-bond acceptors (Lipinski definition) is 5. The second kappa shape index (κ2) is 11.8. The Morgan fingerprint density at radius 1 is 1.16 bits per heavy atom. The zero-order chi connectivity index (χ0) is 22.2. The summed E-state index contributed by atoms with van der Waals surface area (Å²) in [5.74, 6) is 1.96. The molecule has 178 valence electrons. The molecule has 32 heavy (non-hydrogen) atoms. The summed E-state index contributed by atoms with van der Waals surface area (Å²) < 4.78 is 5.67. The van der Waals surface area contributed by atoms with Gasteiger partial charge in [-0.05, 0) is 57.2 Å². The smallest absolute Gasteiger partial charge is 0.191 e. The van der Waals surface area contributed by atoms with Crippen LogP contribution in [0.2, 0.25) is 0 Å². The summed E-state index contributed by atoms with van der Waals surface area (Å²) in [5, 5.41) is 7.15. The van der Waals surface area contributed by atoms with Crippen molar-refractivity contribution in [2.24, 2.45) is 4.99 Å². The van der Waals surface area contributed by atoms with Crippen LogP contribution in [0.5, 0.6) is 0 Å². The largest absolute Gasteiger partial charge is 0.375 e. The van der Waals surface area contributed by atoms with Crippen molar-refractivity contribution in [3.63, 3.8) is 0 Å². The third-order valence-electron chi connectivity index (χ3n) is 7.10. The first-order valence-corrected chi connectivity index (χ1v) is 12.8. The molecule has 3 aliphatic rings. The molecule has 2 N–H and O–H groups in total. The van der Waals surface area contributed by atoms with Gasteiger partial charge in [0, 0.05) is 51.0 Å².